The van der Waals surface area contributed by atoms with E-state index in [1.165, 1.54) is 6.08 Å². The fourth-order valence-electron chi connectivity index (χ4n) is 0.0902. The second-order valence-corrected chi connectivity index (χ2v) is 0.696. The molecule has 3 nitrogen and oxygen atoms in total. The van der Waals surface area contributed by atoms with Gasteiger partial charge in [-0.1, -0.05) is 5.18 Å². The lowest BCUT2D eigenvalue weighted by atomic mass is 10.6. The minimum absolute atomic E-state index is 0.0521. The highest BCUT2D eigenvalue weighted by Crippen LogP contribution is 1.66. The number of nitrogens with zero attached hydrogens (tertiary/aromatic N) is 1. The first-order valence-corrected chi connectivity index (χ1v) is 1.50. The molecule has 0 radical (unpaired) electrons. The Labute approximate surface area is 35.3 Å². The molecule has 0 aromatic rings. The zero-order valence-electron chi connectivity index (χ0n) is 3.16. The Hall–Kier alpha value is -0.860. The van der Waals surface area contributed by atoms with Crippen molar-refractivity contribution in [2.45, 2.75) is 0 Å². The molecule has 0 amide bonds. The number of hydrogen-bond acceptors (Lipinski definition) is 3. The monoisotopic (exact) mass is 87.0 g/mol. The van der Waals surface area contributed by atoms with Crippen LogP contribution in [0.3, 0.4) is 0 Å². The van der Waals surface area contributed by atoms with Crippen molar-refractivity contribution in [1.29, 1.82) is 0 Å². The average Bonchev–Trinajstić information content (AvgIpc) is 1.61. The largest absolute Gasteiger partial charge is 0.516 e. The third-order valence-corrected chi connectivity index (χ3v) is 0.285. The zero-order chi connectivity index (χ0) is 4.83. The second-order valence-electron chi connectivity index (χ2n) is 0.696. The molecule has 0 bridgehead atoms. The quantitative estimate of drug-likeness (QED) is 0.400. The van der Waals surface area contributed by atoms with Crippen LogP contribution in [0.1, 0.15) is 0 Å². The first-order chi connectivity index (χ1) is 2.91. The number of aliphatic hydroxyl groups excluding tert-OH is 1. The topological polar surface area (TPSA) is 49.7 Å². The summed E-state index contributed by atoms with van der Waals surface area (Å²) in [5.74, 6) is 0. The maximum absolute atomic E-state index is 9.15. The molecule has 3 heteroatoms. The van der Waals surface area contributed by atoms with Gasteiger partial charge in [-0.3, -0.25) is 0 Å². The van der Waals surface area contributed by atoms with Crippen molar-refractivity contribution >= 4 is 0 Å². The molecular weight excluding hydrogens is 82.0 g/mol. The minimum Gasteiger partial charge on any atom is -0.516 e. The van der Waals surface area contributed by atoms with E-state index in [2.05, 4.69) is 5.18 Å². The van der Waals surface area contributed by atoms with E-state index in [0.717, 1.165) is 6.26 Å². The lowest BCUT2D eigenvalue weighted by molar-refractivity contribution is 0.472. The molecule has 0 rings (SSSR count). The van der Waals surface area contributed by atoms with Gasteiger partial charge in [0.1, 0.15) is 6.54 Å². The Balaban J connectivity index is 2.85. The SMILES string of the molecule is O=NCC=CO. The van der Waals surface area contributed by atoms with E-state index in [0.29, 0.717) is 0 Å². The van der Waals surface area contributed by atoms with Crippen LogP contribution in [0.2, 0.25) is 0 Å². The Bertz CT molecular complexity index is 59.8. The lowest BCUT2D eigenvalue weighted by Gasteiger charge is -1.65. The van der Waals surface area contributed by atoms with E-state index in [4.69, 9.17) is 10.0 Å². The summed E-state index contributed by atoms with van der Waals surface area (Å²) in [6, 6.07) is 0. The van der Waals surface area contributed by atoms with Gasteiger partial charge >= 0.3 is 0 Å². The molecule has 0 aromatic heterocycles. The average molecular weight is 87.1 g/mol. The maximum atomic E-state index is 9.15. The van der Waals surface area contributed by atoms with Gasteiger partial charge in [0.2, 0.25) is 0 Å². The van der Waals surface area contributed by atoms with Gasteiger partial charge in [0.05, 0.1) is 6.26 Å². The first kappa shape index (κ1) is 5.14. The molecule has 0 atom stereocenters. The molecule has 0 aliphatic heterocycles. The van der Waals surface area contributed by atoms with Crippen molar-refractivity contribution in [2.24, 2.45) is 5.18 Å². The number of rotatable bonds is 2. The first-order valence-electron chi connectivity index (χ1n) is 1.50. The van der Waals surface area contributed by atoms with Gasteiger partial charge in [-0.15, -0.1) is 0 Å². The van der Waals surface area contributed by atoms with Gasteiger partial charge in [-0.05, 0) is 6.08 Å². The molecule has 0 saturated carbocycles. The van der Waals surface area contributed by atoms with E-state index >= 15 is 0 Å². The molecule has 0 unspecified atom stereocenters. The molecule has 34 valence electrons. The molecule has 0 heterocycles. The molecule has 0 aliphatic carbocycles. The van der Waals surface area contributed by atoms with Crippen LogP contribution >= 0.6 is 0 Å². The molecular formula is C3H5NO2. The molecule has 0 spiro atoms. The number of nitroso groups, excluding NO2 is 1. The van der Waals surface area contributed by atoms with Gasteiger partial charge in [-0.2, -0.15) is 4.91 Å². The summed E-state index contributed by atoms with van der Waals surface area (Å²) in [5.41, 5.74) is 0. The van der Waals surface area contributed by atoms with Gasteiger partial charge in [0.15, 0.2) is 0 Å². The van der Waals surface area contributed by atoms with E-state index in [1.54, 1.807) is 0 Å². The van der Waals surface area contributed by atoms with Crippen LogP contribution in [0.5, 0.6) is 0 Å². The van der Waals surface area contributed by atoms with E-state index in [-0.39, 0.29) is 6.54 Å². The fraction of sp³-hybridized carbons (Fsp3) is 0.333. The second kappa shape index (κ2) is 4.14. The van der Waals surface area contributed by atoms with Crippen molar-refractivity contribution in [2.75, 3.05) is 6.54 Å². The Morgan fingerprint density at radius 3 is 2.67 bits per heavy atom. The van der Waals surface area contributed by atoms with E-state index < -0.39 is 0 Å². The molecule has 0 fully saturated rings. The standard InChI is InChI=1S/C3H5NO2/c5-3-1-2-4-6/h1,3,5H,2H2. The van der Waals surface area contributed by atoms with Crippen LogP contribution in [0.15, 0.2) is 17.5 Å². The summed E-state index contributed by atoms with van der Waals surface area (Å²) in [4.78, 5) is 9.15. The predicted molar refractivity (Wildman–Crippen MR) is 22.4 cm³/mol. The van der Waals surface area contributed by atoms with Crippen LogP contribution in [0.25, 0.3) is 0 Å². The van der Waals surface area contributed by atoms with Crippen LogP contribution < -0.4 is 0 Å². The highest BCUT2D eigenvalue weighted by Gasteiger charge is 1.64. The van der Waals surface area contributed by atoms with Crippen molar-refractivity contribution in [3.05, 3.63) is 17.2 Å². The van der Waals surface area contributed by atoms with Crippen LogP contribution in [0.4, 0.5) is 0 Å². The van der Waals surface area contributed by atoms with Crippen molar-refractivity contribution in [3.63, 3.8) is 0 Å². The van der Waals surface area contributed by atoms with E-state index in [9.17, 15) is 0 Å². The van der Waals surface area contributed by atoms with Gasteiger partial charge in [0, 0.05) is 0 Å². The van der Waals surface area contributed by atoms with Crippen molar-refractivity contribution < 1.29 is 5.11 Å². The Morgan fingerprint density at radius 2 is 2.50 bits per heavy atom. The van der Waals surface area contributed by atoms with Crippen LogP contribution in [-0.2, 0) is 0 Å². The smallest absolute Gasteiger partial charge is 0.102 e. The predicted octanol–water partition coefficient (Wildman–Crippen LogP) is 0.825. The lowest BCUT2D eigenvalue weighted by Crippen LogP contribution is -1.63. The summed E-state index contributed by atoms with van der Waals surface area (Å²) in [5, 5.41) is 10.2. The fourth-order valence-corrected chi connectivity index (χ4v) is 0.0902. The highest BCUT2D eigenvalue weighted by molar-refractivity contribution is 4.73. The summed E-state index contributed by atoms with van der Waals surface area (Å²) in [6.45, 7) is 0.0521. The molecule has 1 N–H and O–H groups in total. The maximum Gasteiger partial charge on any atom is 0.102 e. The number of aliphatic hydroxyl groups is 1. The molecule has 0 saturated heterocycles. The van der Waals surface area contributed by atoms with Crippen LogP contribution in [0, 0.1) is 4.91 Å². The van der Waals surface area contributed by atoms with Gasteiger partial charge < -0.3 is 5.11 Å². The molecule has 0 aliphatic rings. The highest BCUT2D eigenvalue weighted by atomic mass is 16.3. The third-order valence-electron chi connectivity index (χ3n) is 0.285. The Kier molecular flexibility index (Phi) is 3.55. The normalized spacial score (nSPS) is 9.33. The molecule has 6 heavy (non-hydrogen) atoms. The van der Waals surface area contributed by atoms with Crippen molar-refractivity contribution in [3.8, 4) is 0 Å². The van der Waals surface area contributed by atoms with Crippen molar-refractivity contribution in [1.82, 2.24) is 0 Å². The zero-order valence-corrected chi connectivity index (χ0v) is 3.16. The number of hydrogen-bond donors (Lipinski definition) is 1. The van der Waals surface area contributed by atoms with Gasteiger partial charge in [-0.25, -0.2) is 0 Å². The van der Waals surface area contributed by atoms with Gasteiger partial charge in [0.25, 0.3) is 0 Å². The summed E-state index contributed by atoms with van der Waals surface area (Å²) in [7, 11) is 0. The Morgan fingerprint density at radius 1 is 1.83 bits per heavy atom. The third kappa shape index (κ3) is 3.14. The summed E-state index contributed by atoms with van der Waals surface area (Å²) < 4.78 is 0. The summed E-state index contributed by atoms with van der Waals surface area (Å²) in [6.07, 6.45) is 2.05. The van der Waals surface area contributed by atoms with Crippen LogP contribution in [-0.4, -0.2) is 11.7 Å². The van der Waals surface area contributed by atoms with E-state index in [1.807, 2.05) is 0 Å². The molecule has 0 aromatic carbocycles. The minimum atomic E-state index is 0.0521. The summed E-state index contributed by atoms with van der Waals surface area (Å²) >= 11 is 0.